The van der Waals surface area contributed by atoms with Gasteiger partial charge in [0.15, 0.2) is 11.4 Å². The first kappa shape index (κ1) is 11.7. The fourth-order valence-corrected chi connectivity index (χ4v) is 0.913. The van der Waals surface area contributed by atoms with Crippen LogP contribution in [0.5, 0.6) is 5.75 Å². The molecule has 0 aliphatic carbocycles. The zero-order chi connectivity index (χ0) is 11.6. The summed E-state index contributed by atoms with van der Waals surface area (Å²) in [6, 6.07) is 0.371. The van der Waals surface area contributed by atoms with Crippen molar-refractivity contribution in [2.24, 2.45) is 0 Å². The number of carbonyl (C=O) groups excluding carboxylic acids is 1. The molecule has 0 radical (unpaired) electrons. The highest BCUT2D eigenvalue weighted by Gasteiger charge is 2.33. The summed E-state index contributed by atoms with van der Waals surface area (Å²) in [5.74, 6) is -2.14. The molecule has 0 aromatic carbocycles. The molecule has 8 heteroatoms. The minimum absolute atomic E-state index is 0.371. The van der Waals surface area contributed by atoms with Gasteiger partial charge < -0.3 is 4.74 Å². The predicted octanol–water partition coefficient (Wildman–Crippen LogP) is 2.50. The van der Waals surface area contributed by atoms with Gasteiger partial charge in [-0.1, -0.05) is 0 Å². The first-order valence-corrected chi connectivity index (χ1v) is 3.78. The average molecular weight is 244 g/mol. The van der Waals surface area contributed by atoms with E-state index in [1.54, 1.807) is 0 Å². The number of alkyl halides is 3. The molecule has 0 aliphatic heterocycles. The number of ether oxygens (including phenoxy) is 1. The van der Waals surface area contributed by atoms with Gasteiger partial charge in [-0.3, -0.25) is 4.79 Å². The largest absolute Gasteiger partial charge is 0.573 e. The summed E-state index contributed by atoms with van der Waals surface area (Å²) < 4.78 is 51.3. The van der Waals surface area contributed by atoms with Crippen molar-refractivity contribution >= 4 is 16.8 Å². The highest BCUT2D eigenvalue weighted by molar-refractivity contribution is 6.67. The molecule has 1 aromatic heterocycles. The van der Waals surface area contributed by atoms with Crippen molar-refractivity contribution in [2.75, 3.05) is 0 Å². The summed E-state index contributed by atoms with van der Waals surface area (Å²) in [7, 11) is 0. The van der Waals surface area contributed by atoms with E-state index >= 15 is 0 Å². The van der Waals surface area contributed by atoms with Gasteiger partial charge in [0.05, 0.1) is 6.20 Å². The molecule has 0 bridgehead atoms. The Hall–Kier alpha value is -1.37. The normalized spacial score (nSPS) is 11.3. The van der Waals surface area contributed by atoms with E-state index in [9.17, 15) is 22.4 Å². The van der Waals surface area contributed by atoms with Gasteiger partial charge in [0.25, 0.3) is 5.24 Å². The molecule has 0 aliphatic rings. The molecule has 15 heavy (non-hydrogen) atoms. The Kier molecular flexibility index (Phi) is 3.13. The molecule has 0 amide bonds. The Bertz CT molecular complexity index is 393. The lowest BCUT2D eigenvalue weighted by molar-refractivity contribution is -0.274. The lowest BCUT2D eigenvalue weighted by atomic mass is 10.3. The predicted molar refractivity (Wildman–Crippen MR) is 41.1 cm³/mol. The quantitative estimate of drug-likeness (QED) is 0.592. The zero-order valence-electron chi connectivity index (χ0n) is 6.81. The Morgan fingerprint density at radius 1 is 1.47 bits per heavy atom. The Balaban J connectivity index is 3.13. The van der Waals surface area contributed by atoms with Crippen molar-refractivity contribution in [3.8, 4) is 5.75 Å². The van der Waals surface area contributed by atoms with E-state index in [1.165, 1.54) is 0 Å². The first-order valence-electron chi connectivity index (χ1n) is 3.41. The number of hydrogen-bond acceptors (Lipinski definition) is 3. The maximum Gasteiger partial charge on any atom is 0.573 e. The topological polar surface area (TPSA) is 39.2 Å². The summed E-state index contributed by atoms with van der Waals surface area (Å²) in [5.41, 5.74) is -0.796. The molecular formula is C7H2ClF4NO2. The van der Waals surface area contributed by atoms with Gasteiger partial charge in [0.2, 0.25) is 0 Å². The molecule has 3 nitrogen and oxygen atoms in total. The van der Waals surface area contributed by atoms with Crippen molar-refractivity contribution < 1.29 is 27.1 Å². The summed E-state index contributed by atoms with van der Waals surface area (Å²) in [5, 5.41) is -1.27. The van der Waals surface area contributed by atoms with Crippen molar-refractivity contribution in [1.29, 1.82) is 0 Å². The van der Waals surface area contributed by atoms with Crippen molar-refractivity contribution in [2.45, 2.75) is 6.36 Å². The second-order valence-corrected chi connectivity index (χ2v) is 2.67. The van der Waals surface area contributed by atoms with Crippen LogP contribution in [0.1, 0.15) is 10.5 Å². The van der Waals surface area contributed by atoms with E-state index in [0.29, 0.717) is 12.3 Å². The van der Waals surface area contributed by atoms with Crippen LogP contribution in [-0.2, 0) is 0 Å². The second-order valence-electron chi connectivity index (χ2n) is 2.32. The summed E-state index contributed by atoms with van der Waals surface area (Å²) in [6.07, 6.45) is -4.49. The standard InChI is InChI=1S/C7H2ClF4NO2/c8-6(14)5-4(15-7(10,11)12)1-3(9)2-13-5/h1-2H. The molecule has 0 unspecified atom stereocenters. The van der Waals surface area contributed by atoms with Crippen LogP contribution in [0.2, 0.25) is 0 Å². The van der Waals surface area contributed by atoms with Gasteiger partial charge in [-0.05, 0) is 11.6 Å². The fraction of sp³-hybridized carbons (Fsp3) is 0.143. The SMILES string of the molecule is O=C(Cl)c1ncc(F)cc1OC(F)(F)F. The van der Waals surface area contributed by atoms with Crippen molar-refractivity contribution in [3.05, 3.63) is 23.8 Å². The van der Waals surface area contributed by atoms with E-state index in [2.05, 4.69) is 9.72 Å². The van der Waals surface area contributed by atoms with Gasteiger partial charge in [-0.2, -0.15) is 0 Å². The molecule has 1 aromatic rings. The molecule has 0 saturated heterocycles. The van der Waals surface area contributed by atoms with E-state index in [-0.39, 0.29) is 0 Å². The highest BCUT2D eigenvalue weighted by atomic mass is 35.5. The highest BCUT2D eigenvalue weighted by Crippen LogP contribution is 2.26. The molecule has 0 saturated carbocycles. The molecule has 0 fully saturated rings. The Morgan fingerprint density at radius 3 is 2.53 bits per heavy atom. The third-order valence-electron chi connectivity index (χ3n) is 1.23. The van der Waals surface area contributed by atoms with Gasteiger partial charge in [-0.25, -0.2) is 9.37 Å². The van der Waals surface area contributed by atoms with Crippen molar-refractivity contribution in [1.82, 2.24) is 4.98 Å². The minimum atomic E-state index is -5.05. The summed E-state index contributed by atoms with van der Waals surface area (Å²) in [6.45, 7) is 0. The smallest absolute Gasteiger partial charge is 0.403 e. The summed E-state index contributed by atoms with van der Waals surface area (Å²) >= 11 is 4.92. The van der Waals surface area contributed by atoms with E-state index in [1.807, 2.05) is 0 Å². The van der Waals surface area contributed by atoms with E-state index in [4.69, 9.17) is 11.6 Å². The third-order valence-corrected chi connectivity index (χ3v) is 1.41. The molecule has 1 rings (SSSR count). The van der Waals surface area contributed by atoms with E-state index < -0.39 is 28.9 Å². The van der Waals surface area contributed by atoms with Crippen LogP contribution in [-0.4, -0.2) is 16.6 Å². The molecule has 0 N–H and O–H groups in total. The Morgan fingerprint density at radius 2 is 2.07 bits per heavy atom. The number of halogens is 5. The van der Waals surface area contributed by atoms with Gasteiger partial charge in [0.1, 0.15) is 5.82 Å². The maximum absolute atomic E-state index is 12.5. The van der Waals surface area contributed by atoms with Crippen LogP contribution in [0.4, 0.5) is 17.6 Å². The lowest BCUT2D eigenvalue weighted by Gasteiger charge is -2.10. The molecular weight excluding hydrogens is 242 g/mol. The lowest BCUT2D eigenvalue weighted by Crippen LogP contribution is -2.19. The Labute approximate surface area is 85.6 Å². The number of pyridine rings is 1. The average Bonchev–Trinajstić information content (AvgIpc) is 1.99. The van der Waals surface area contributed by atoms with Crippen molar-refractivity contribution in [3.63, 3.8) is 0 Å². The molecule has 82 valence electrons. The molecule has 1 heterocycles. The molecule has 0 atom stereocenters. The fourth-order valence-electron chi connectivity index (χ4n) is 0.771. The number of aromatic nitrogens is 1. The van der Waals surface area contributed by atoms with Gasteiger partial charge in [0, 0.05) is 6.07 Å². The number of hydrogen-bond donors (Lipinski definition) is 0. The van der Waals surface area contributed by atoms with Gasteiger partial charge in [-0.15, -0.1) is 13.2 Å². The summed E-state index contributed by atoms with van der Waals surface area (Å²) in [4.78, 5) is 13.7. The minimum Gasteiger partial charge on any atom is -0.403 e. The van der Waals surface area contributed by atoms with Crippen LogP contribution in [0.3, 0.4) is 0 Å². The zero-order valence-corrected chi connectivity index (χ0v) is 7.56. The first-order chi connectivity index (χ1) is 6.79. The van der Waals surface area contributed by atoms with Crippen LogP contribution in [0.15, 0.2) is 12.3 Å². The second kappa shape index (κ2) is 4.01. The monoisotopic (exact) mass is 243 g/mol. The van der Waals surface area contributed by atoms with Crippen LogP contribution in [0, 0.1) is 5.82 Å². The third kappa shape index (κ3) is 3.35. The number of rotatable bonds is 2. The number of carbonyl (C=O) groups is 1. The van der Waals surface area contributed by atoms with E-state index in [0.717, 1.165) is 0 Å². The van der Waals surface area contributed by atoms with Crippen LogP contribution in [0.25, 0.3) is 0 Å². The molecule has 0 spiro atoms. The van der Waals surface area contributed by atoms with Gasteiger partial charge >= 0.3 is 6.36 Å². The maximum atomic E-state index is 12.5. The number of nitrogens with zero attached hydrogens (tertiary/aromatic N) is 1. The van der Waals surface area contributed by atoms with Crippen LogP contribution >= 0.6 is 11.6 Å². The van der Waals surface area contributed by atoms with Crippen LogP contribution < -0.4 is 4.74 Å².